The standard InChI is InChI=1S/C44H26N2O/c1-2-14-28(15-3-1)45-41-29-16-5-4-13-27(29)25-26-35(41)40-39-34-20-8-10-22-36(34)46(43(39)32-19-7-6-18-31(32)42(40)45)37-23-12-21-33-30-17-9-11-24-38(30)47-44(33)37/h1-26H. The molecule has 8 aromatic carbocycles. The topological polar surface area (TPSA) is 23.0 Å². The Morgan fingerprint density at radius 3 is 1.81 bits per heavy atom. The molecule has 0 fully saturated rings. The fourth-order valence-electron chi connectivity index (χ4n) is 8.20. The van der Waals surface area contributed by atoms with E-state index in [-0.39, 0.29) is 0 Å². The lowest BCUT2D eigenvalue weighted by molar-refractivity contribution is 0.666. The van der Waals surface area contributed by atoms with Gasteiger partial charge in [-0.1, -0.05) is 127 Å². The molecule has 0 amide bonds. The lowest BCUT2D eigenvalue weighted by Gasteiger charge is -2.14. The minimum Gasteiger partial charge on any atom is -0.454 e. The molecule has 0 atom stereocenters. The van der Waals surface area contributed by atoms with Crippen molar-refractivity contribution in [2.45, 2.75) is 0 Å². The predicted molar refractivity (Wildman–Crippen MR) is 197 cm³/mol. The molecule has 3 aromatic heterocycles. The third-order valence-electron chi connectivity index (χ3n) is 10.1. The minimum atomic E-state index is 0.901. The number of hydrogen-bond donors (Lipinski definition) is 0. The second kappa shape index (κ2) is 9.12. The molecule has 47 heavy (non-hydrogen) atoms. The monoisotopic (exact) mass is 598 g/mol. The van der Waals surface area contributed by atoms with E-state index in [2.05, 4.69) is 161 Å². The summed E-state index contributed by atoms with van der Waals surface area (Å²) in [5.41, 5.74) is 8.83. The Morgan fingerprint density at radius 1 is 0.362 bits per heavy atom. The molecular formula is C44H26N2O. The number of para-hydroxylation sites is 4. The van der Waals surface area contributed by atoms with Crippen LogP contribution in [0.4, 0.5) is 0 Å². The van der Waals surface area contributed by atoms with Crippen LogP contribution in [0.1, 0.15) is 0 Å². The van der Waals surface area contributed by atoms with Gasteiger partial charge >= 0.3 is 0 Å². The van der Waals surface area contributed by atoms with Gasteiger partial charge in [-0.15, -0.1) is 0 Å². The lowest BCUT2D eigenvalue weighted by Crippen LogP contribution is -1.97. The highest BCUT2D eigenvalue weighted by Crippen LogP contribution is 2.48. The molecular weight excluding hydrogens is 572 g/mol. The molecule has 0 saturated heterocycles. The maximum absolute atomic E-state index is 6.66. The van der Waals surface area contributed by atoms with Gasteiger partial charge in [0.1, 0.15) is 5.58 Å². The minimum absolute atomic E-state index is 0.901. The van der Waals surface area contributed by atoms with Gasteiger partial charge in [-0.3, -0.25) is 0 Å². The van der Waals surface area contributed by atoms with Crippen LogP contribution in [-0.4, -0.2) is 9.13 Å². The van der Waals surface area contributed by atoms with Crippen LogP contribution in [0.2, 0.25) is 0 Å². The van der Waals surface area contributed by atoms with Gasteiger partial charge in [0.05, 0.1) is 27.8 Å². The van der Waals surface area contributed by atoms with Crippen LogP contribution in [0, 0.1) is 0 Å². The fraction of sp³-hybridized carbons (Fsp3) is 0. The maximum Gasteiger partial charge on any atom is 0.159 e. The summed E-state index contributed by atoms with van der Waals surface area (Å²) < 4.78 is 11.6. The van der Waals surface area contributed by atoms with E-state index in [0.717, 1.165) is 38.8 Å². The smallest absolute Gasteiger partial charge is 0.159 e. The lowest BCUT2D eigenvalue weighted by atomic mass is 9.98. The Kier molecular flexibility index (Phi) is 4.84. The van der Waals surface area contributed by atoms with Crippen LogP contribution in [0.25, 0.3) is 98.5 Å². The van der Waals surface area contributed by atoms with Crippen LogP contribution >= 0.6 is 0 Å². The Bertz CT molecular complexity index is 3070. The summed E-state index contributed by atoms with van der Waals surface area (Å²) in [6.07, 6.45) is 0. The van der Waals surface area contributed by atoms with Crippen molar-refractivity contribution < 1.29 is 4.42 Å². The Balaban J connectivity index is 1.45. The quantitative estimate of drug-likeness (QED) is 0.194. The molecule has 0 spiro atoms. The molecule has 0 aliphatic heterocycles. The molecule has 0 bridgehead atoms. The van der Waals surface area contributed by atoms with Gasteiger partial charge < -0.3 is 13.6 Å². The van der Waals surface area contributed by atoms with Gasteiger partial charge in [-0.05, 0) is 35.7 Å². The molecule has 0 radical (unpaired) electrons. The summed E-state index contributed by atoms with van der Waals surface area (Å²) in [6, 6.07) is 56.9. The molecule has 0 unspecified atom stereocenters. The zero-order valence-electron chi connectivity index (χ0n) is 25.3. The number of aromatic nitrogens is 2. The number of furan rings is 1. The highest BCUT2D eigenvalue weighted by molar-refractivity contribution is 6.39. The molecule has 218 valence electrons. The SMILES string of the molecule is c1ccc(-n2c3c4ccccc4ccc3c3c4c5ccccc5n(-c5cccc6c5oc5ccccc56)c4c4ccccc4c32)cc1. The van der Waals surface area contributed by atoms with Crippen LogP contribution in [0.5, 0.6) is 0 Å². The molecule has 11 aromatic rings. The second-order valence-corrected chi connectivity index (χ2v) is 12.5. The summed E-state index contributed by atoms with van der Waals surface area (Å²) in [5, 5.41) is 12.2. The normalized spacial score (nSPS) is 12.3. The van der Waals surface area contributed by atoms with Crippen molar-refractivity contribution in [2.75, 3.05) is 0 Å². The molecule has 11 rings (SSSR count). The number of fused-ring (bicyclic) bond motifs is 15. The van der Waals surface area contributed by atoms with E-state index in [4.69, 9.17) is 4.42 Å². The highest BCUT2D eigenvalue weighted by Gasteiger charge is 2.26. The summed E-state index contributed by atoms with van der Waals surface area (Å²) in [4.78, 5) is 0. The van der Waals surface area contributed by atoms with E-state index in [1.54, 1.807) is 0 Å². The van der Waals surface area contributed by atoms with Crippen molar-refractivity contribution in [1.29, 1.82) is 0 Å². The second-order valence-electron chi connectivity index (χ2n) is 12.5. The molecule has 0 N–H and O–H groups in total. The zero-order chi connectivity index (χ0) is 30.6. The first-order valence-corrected chi connectivity index (χ1v) is 16.1. The third-order valence-corrected chi connectivity index (χ3v) is 10.1. The van der Waals surface area contributed by atoms with Crippen molar-refractivity contribution in [3.63, 3.8) is 0 Å². The fourth-order valence-corrected chi connectivity index (χ4v) is 8.20. The Labute approximate surface area is 269 Å². The number of benzene rings is 8. The van der Waals surface area contributed by atoms with Crippen molar-refractivity contribution in [2.24, 2.45) is 0 Å². The zero-order valence-corrected chi connectivity index (χ0v) is 25.3. The van der Waals surface area contributed by atoms with E-state index in [0.29, 0.717) is 0 Å². The summed E-state index contributed by atoms with van der Waals surface area (Å²) in [7, 11) is 0. The first-order chi connectivity index (χ1) is 23.4. The number of rotatable bonds is 2. The van der Waals surface area contributed by atoms with Crippen LogP contribution in [0.15, 0.2) is 162 Å². The first-order valence-electron chi connectivity index (χ1n) is 16.1. The summed E-state index contributed by atoms with van der Waals surface area (Å²) >= 11 is 0. The van der Waals surface area contributed by atoms with Crippen LogP contribution in [-0.2, 0) is 0 Å². The Morgan fingerprint density at radius 2 is 0.979 bits per heavy atom. The van der Waals surface area contributed by atoms with E-state index < -0.39 is 0 Å². The summed E-state index contributed by atoms with van der Waals surface area (Å²) in [5.74, 6) is 0. The molecule has 0 aliphatic carbocycles. The van der Waals surface area contributed by atoms with Gasteiger partial charge in [0, 0.05) is 54.2 Å². The predicted octanol–water partition coefficient (Wildman–Crippen LogP) is 12.1. The van der Waals surface area contributed by atoms with E-state index in [1.807, 2.05) is 6.07 Å². The van der Waals surface area contributed by atoms with Crippen molar-refractivity contribution in [3.8, 4) is 11.4 Å². The highest BCUT2D eigenvalue weighted by atomic mass is 16.3. The Hall–Kier alpha value is -6.32. The average molecular weight is 599 g/mol. The molecule has 3 nitrogen and oxygen atoms in total. The molecule has 3 heterocycles. The summed E-state index contributed by atoms with van der Waals surface area (Å²) in [6.45, 7) is 0. The molecule has 0 aliphatic rings. The van der Waals surface area contributed by atoms with Crippen LogP contribution < -0.4 is 0 Å². The van der Waals surface area contributed by atoms with Crippen molar-refractivity contribution in [1.82, 2.24) is 9.13 Å². The maximum atomic E-state index is 6.66. The molecule has 0 saturated carbocycles. The van der Waals surface area contributed by atoms with Gasteiger partial charge in [0.15, 0.2) is 5.58 Å². The number of nitrogens with zero attached hydrogens (tertiary/aromatic N) is 2. The van der Waals surface area contributed by atoms with Crippen molar-refractivity contribution >= 4 is 87.1 Å². The van der Waals surface area contributed by atoms with E-state index in [1.165, 1.54) is 59.6 Å². The van der Waals surface area contributed by atoms with Gasteiger partial charge in [0.2, 0.25) is 0 Å². The van der Waals surface area contributed by atoms with Crippen LogP contribution in [0.3, 0.4) is 0 Å². The van der Waals surface area contributed by atoms with Gasteiger partial charge in [-0.2, -0.15) is 0 Å². The third kappa shape index (κ3) is 3.20. The van der Waals surface area contributed by atoms with Crippen molar-refractivity contribution in [3.05, 3.63) is 158 Å². The van der Waals surface area contributed by atoms with Gasteiger partial charge in [0.25, 0.3) is 0 Å². The first kappa shape index (κ1) is 24.9. The molecule has 3 heteroatoms. The number of hydrogen-bond acceptors (Lipinski definition) is 1. The van der Waals surface area contributed by atoms with E-state index in [9.17, 15) is 0 Å². The average Bonchev–Trinajstić information content (AvgIpc) is 3.80. The largest absolute Gasteiger partial charge is 0.454 e. The van der Waals surface area contributed by atoms with Gasteiger partial charge in [-0.25, -0.2) is 0 Å². The van der Waals surface area contributed by atoms with E-state index >= 15 is 0 Å².